The molecule has 1 aromatic carbocycles. The summed E-state index contributed by atoms with van der Waals surface area (Å²) in [6, 6.07) is 6.93. The number of nitrogens with one attached hydrogen (secondary N) is 1. The molecule has 0 amide bonds. The number of carbonyl (C=O) groups is 1. The molecule has 0 radical (unpaired) electrons. The van der Waals surface area contributed by atoms with Crippen molar-refractivity contribution < 1.29 is 39.8 Å². The van der Waals surface area contributed by atoms with Gasteiger partial charge in [0.1, 0.15) is 24.1 Å². The Morgan fingerprint density at radius 1 is 1.13 bits per heavy atom. The van der Waals surface area contributed by atoms with Gasteiger partial charge in [0.05, 0.1) is 5.60 Å². The zero-order chi connectivity index (χ0) is 21.9. The Balaban J connectivity index is 1.73. The molecule has 0 spiro atoms. The van der Waals surface area contributed by atoms with E-state index in [1.54, 1.807) is 12.1 Å². The topological polar surface area (TPSA) is 149 Å². The van der Waals surface area contributed by atoms with Crippen molar-refractivity contribution in [1.82, 2.24) is 5.32 Å². The molecule has 6 atom stereocenters. The van der Waals surface area contributed by atoms with E-state index in [1.165, 1.54) is 0 Å². The Bertz CT molecular complexity index is 705. The van der Waals surface area contributed by atoms with Crippen molar-refractivity contribution in [2.75, 3.05) is 13.6 Å². The van der Waals surface area contributed by atoms with Crippen molar-refractivity contribution in [3.05, 3.63) is 29.8 Å². The van der Waals surface area contributed by atoms with Crippen LogP contribution < -0.4 is 10.1 Å². The van der Waals surface area contributed by atoms with Gasteiger partial charge in [-0.3, -0.25) is 0 Å². The third kappa shape index (κ3) is 4.77. The average molecular weight is 425 g/mol. The Hall–Kier alpha value is -1.75. The summed E-state index contributed by atoms with van der Waals surface area (Å²) >= 11 is 0. The lowest BCUT2D eigenvalue weighted by Crippen LogP contribution is -2.61. The number of aliphatic carboxylic acids is 1. The van der Waals surface area contributed by atoms with Crippen LogP contribution >= 0.6 is 0 Å². The van der Waals surface area contributed by atoms with Crippen LogP contribution in [-0.2, 0) is 9.53 Å². The van der Waals surface area contributed by atoms with E-state index in [2.05, 4.69) is 5.32 Å². The molecule has 30 heavy (non-hydrogen) atoms. The maximum absolute atomic E-state index is 11.2. The first kappa shape index (κ1) is 22.9. The van der Waals surface area contributed by atoms with Gasteiger partial charge >= 0.3 is 5.97 Å². The normalized spacial score (nSPS) is 32.4. The summed E-state index contributed by atoms with van der Waals surface area (Å²) in [6.07, 6.45) is -3.66. The Morgan fingerprint density at radius 3 is 2.33 bits per heavy atom. The van der Waals surface area contributed by atoms with Crippen LogP contribution in [0.1, 0.15) is 43.6 Å². The highest BCUT2D eigenvalue weighted by Crippen LogP contribution is 2.40. The molecule has 1 heterocycles. The van der Waals surface area contributed by atoms with Crippen molar-refractivity contribution in [3.8, 4) is 5.75 Å². The van der Waals surface area contributed by atoms with Gasteiger partial charge in [0, 0.05) is 12.5 Å². The Morgan fingerprint density at radius 2 is 1.77 bits per heavy atom. The number of ether oxygens (including phenoxy) is 2. The molecule has 2 aliphatic rings. The van der Waals surface area contributed by atoms with Gasteiger partial charge in [-0.05, 0) is 37.6 Å². The molecule has 9 heteroatoms. The van der Waals surface area contributed by atoms with Crippen LogP contribution in [0.3, 0.4) is 0 Å². The molecule has 6 N–H and O–H groups in total. The summed E-state index contributed by atoms with van der Waals surface area (Å²) in [5, 5.41) is 53.2. The Labute approximate surface area is 175 Å². The number of aliphatic hydroxyl groups excluding tert-OH is 3. The highest BCUT2D eigenvalue weighted by Gasteiger charge is 2.48. The maximum atomic E-state index is 11.2. The second-order valence-electron chi connectivity index (χ2n) is 8.20. The van der Waals surface area contributed by atoms with Gasteiger partial charge in [0.15, 0.2) is 6.10 Å². The fourth-order valence-corrected chi connectivity index (χ4v) is 4.40. The minimum Gasteiger partial charge on any atom is -0.479 e. The number of aliphatic hydroxyl groups is 4. The molecule has 2 fully saturated rings. The number of carboxylic acids is 1. The summed E-state index contributed by atoms with van der Waals surface area (Å²) in [7, 11) is 1.84. The van der Waals surface area contributed by atoms with E-state index in [0.29, 0.717) is 12.3 Å². The fraction of sp³-hybridized carbons (Fsp3) is 0.667. The van der Waals surface area contributed by atoms with Crippen LogP contribution in [-0.4, -0.2) is 81.4 Å². The lowest BCUT2D eigenvalue weighted by molar-refractivity contribution is -0.271. The number of carboxylic acid groups (broad SMARTS) is 1. The molecule has 3 rings (SSSR count). The zero-order valence-electron chi connectivity index (χ0n) is 17.0. The lowest BCUT2D eigenvalue weighted by Gasteiger charge is -2.40. The predicted octanol–water partition coefficient (Wildman–Crippen LogP) is -0.0442. The van der Waals surface area contributed by atoms with Gasteiger partial charge in [-0.25, -0.2) is 4.79 Å². The molecular weight excluding hydrogens is 394 g/mol. The Kier molecular flexibility index (Phi) is 7.33. The first-order valence-corrected chi connectivity index (χ1v) is 10.3. The molecule has 0 aromatic heterocycles. The van der Waals surface area contributed by atoms with Gasteiger partial charge in [0.25, 0.3) is 0 Å². The standard InChI is InChI=1S/C21H31NO8/c1-22-11-14(21(28)9-3-2-4-10-21)12-5-7-13(8-6-12)29-20-17(25)15(23)16(24)18(30-20)19(26)27/h5-8,14-18,20,22-25,28H,2-4,9-11H2,1H3,(H,26,27)/t14-,15-,16+,17+,18+,20-/m1/s1. The predicted molar refractivity (Wildman–Crippen MR) is 106 cm³/mol. The molecule has 1 aliphatic heterocycles. The molecule has 1 aromatic rings. The molecule has 1 saturated carbocycles. The summed E-state index contributed by atoms with van der Waals surface area (Å²) in [5.74, 6) is -1.26. The molecule has 1 aliphatic carbocycles. The zero-order valence-corrected chi connectivity index (χ0v) is 17.0. The molecule has 9 nitrogen and oxygen atoms in total. The van der Waals surface area contributed by atoms with Crippen molar-refractivity contribution in [3.63, 3.8) is 0 Å². The van der Waals surface area contributed by atoms with E-state index in [1.807, 2.05) is 19.2 Å². The van der Waals surface area contributed by atoms with Crippen molar-refractivity contribution in [2.45, 2.75) is 74.3 Å². The minimum absolute atomic E-state index is 0.0956. The van der Waals surface area contributed by atoms with E-state index < -0.39 is 42.3 Å². The molecule has 0 bridgehead atoms. The highest BCUT2D eigenvalue weighted by atomic mass is 16.7. The maximum Gasteiger partial charge on any atom is 0.335 e. The quantitative estimate of drug-likeness (QED) is 0.354. The SMILES string of the molecule is CNC[C@H](c1ccc(O[C@@H]2O[C@H](C(=O)O)[C@@H](O)[C@@H](O)[C@@H]2O)cc1)C1(O)CCCCC1. The van der Waals surface area contributed by atoms with Crippen LogP contribution in [0.2, 0.25) is 0 Å². The number of hydrogen-bond acceptors (Lipinski definition) is 8. The monoisotopic (exact) mass is 425 g/mol. The van der Waals surface area contributed by atoms with Gasteiger partial charge in [-0.2, -0.15) is 0 Å². The van der Waals surface area contributed by atoms with Crippen molar-refractivity contribution in [2.24, 2.45) is 0 Å². The van der Waals surface area contributed by atoms with Crippen molar-refractivity contribution in [1.29, 1.82) is 0 Å². The van der Waals surface area contributed by atoms with E-state index in [0.717, 1.165) is 37.7 Å². The summed E-state index contributed by atoms with van der Waals surface area (Å²) in [6.45, 7) is 0.617. The van der Waals surface area contributed by atoms with E-state index in [-0.39, 0.29) is 5.92 Å². The van der Waals surface area contributed by atoms with Gasteiger partial charge in [0.2, 0.25) is 6.29 Å². The smallest absolute Gasteiger partial charge is 0.335 e. The average Bonchev–Trinajstić information content (AvgIpc) is 2.73. The summed E-state index contributed by atoms with van der Waals surface area (Å²) < 4.78 is 10.7. The molecule has 0 unspecified atom stereocenters. The van der Waals surface area contributed by atoms with Crippen LogP contribution in [0.4, 0.5) is 0 Å². The first-order valence-electron chi connectivity index (χ1n) is 10.3. The van der Waals surface area contributed by atoms with Crippen LogP contribution in [0.15, 0.2) is 24.3 Å². The fourth-order valence-electron chi connectivity index (χ4n) is 4.40. The number of likely N-dealkylation sites (N-methyl/N-ethyl adjacent to an activating group) is 1. The van der Waals surface area contributed by atoms with Crippen LogP contribution in [0, 0.1) is 0 Å². The summed E-state index contributed by atoms with van der Waals surface area (Å²) in [4.78, 5) is 11.2. The molecule has 168 valence electrons. The summed E-state index contributed by atoms with van der Waals surface area (Å²) in [5.41, 5.74) is 0.159. The minimum atomic E-state index is -1.77. The molecule has 1 saturated heterocycles. The van der Waals surface area contributed by atoms with Gasteiger partial charge in [-0.15, -0.1) is 0 Å². The number of hydrogen-bond donors (Lipinski definition) is 6. The lowest BCUT2D eigenvalue weighted by atomic mass is 9.73. The highest BCUT2D eigenvalue weighted by molar-refractivity contribution is 5.73. The van der Waals surface area contributed by atoms with E-state index in [9.17, 15) is 25.2 Å². The van der Waals surface area contributed by atoms with Crippen LogP contribution in [0.5, 0.6) is 5.75 Å². The first-order chi connectivity index (χ1) is 14.3. The third-order valence-electron chi connectivity index (χ3n) is 6.12. The number of benzene rings is 1. The van der Waals surface area contributed by atoms with Gasteiger partial charge < -0.3 is 40.3 Å². The second-order valence-corrected chi connectivity index (χ2v) is 8.20. The van der Waals surface area contributed by atoms with E-state index in [4.69, 9.17) is 14.6 Å². The molecular formula is C21H31NO8. The third-order valence-corrected chi connectivity index (χ3v) is 6.12. The largest absolute Gasteiger partial charge is 0.479 e. The second kappa shape index (κ2) is 9.59. The van der Waals surface area contributed by atoms with E-state index >= 15 is 0 Å². The van der Waals surface area contributed by atoms with Gasteiger partial charge in [-0.1, -0.05) is 31.4 Å². The van der Waals surface area contributed by atoms with Crippen LogP contribution in [0.25, 0.3) is 0 Å². The van der Waals surface area contributed by atoms with Crippen molar-refractivity contribution >= 4 is 5.97 Å². The number of rotatable bonds is 7.